The molecular formula is C18H27N5O4. The molecule has 3 rings (SSSR count). The number of ether oxygens (including phenoxy) is 2. The topological polar surface area (TPSA) is 88.1 Å². The van der Waals surface area contributed by atoms with Crippen LogP contribution < -0.4 is 0 Å². The molecule has 0 bridgehead atoms. The third kappa shape index (κ3) is 5.95. The number of hydrogen-bond acceptors (Lipinski definition) is 7. The summed E-state index contributed by atoms with van der Waals surface area (Å²) in [6.07, 6.45) is 4.81. The Morgan fingerprint density at radius 3 is 2.37 bits per heavy atom. The van der Waals surface area contributed by atoms with Crippen molar-refractivity contribution in [2.75, 3.05) is 72.2 Å². The smallest absolute Gasteiger partial charge is 0.274 e. The number of morpholine rings is 2. The molecule has 2 amide bonds. The molecule has 2 saturated heterocycles. The van der Waals surface area contributed by atoms with Crippen molar-refractivity contribution in [2.24, 2.45) is 0 Å². The summed E-state index contributed by atoms with van der Waals surface area (Å²) < 4.78 is 10.7. The molecule has 27 heavy (non-hydrogen) atoms. The van der Waals surface area contributed by atoms with E-state index in [9.17, 15) is 9.59 Å². The van der Waals surface area contributed by atoms with Gasteiger partial charge in [-0.2, -0.15) is 0 Å². The highest BCUT2D eigenvalue weighted by Crippen LogP contribution is 2.06. The largest absolute Gasteiger partial charge is 0.379 e. The summed E-state index contributed by atoms with van der Waals surface area (Å²) in [5.74, 6) is -0.132. The molecule has 0 atom stereocenters. The maximum absolute atomic E-state index is 12.8. The molecule has 3 heterocycles. The normalized spacial score (nSPS) is 18.3. The van der Waals surface area contributed by atoms with Gasteiger partial charge in [-0.05, 0) is 0 Å². The molecule has 0 aliphatic carbocycles. The SMILES string of the molecule is O=C(CCN(CCN1CCOCC1)C(=O)c1cnccn1)N1CCOCC1. The Hall–Kier alpha value is -2.10. The van der Waals surface area contributed by atoms with Gasteiger partial charge in [-0.1, -0.05) is 0 Å². The first kappa shape index (κ1) is 19.7. The van der Waals surface area contributed by atoms with Gasteiger partial charge in [0.1, 0.15) is 5.69 Å². The molecule has 0 saturated carbocycles. The lowest BCUT2D eigenvalue weighted by Gasteiger charge is -2.31. The predicted molar refractivity (Wildman–Crippen MR) is 97.2 cm³/mol. The summed E-state index contributed by atoms with van der Waals surface area (Å²) in [6, 6.07) is 0. The summed E-state index contributed by atoms with van der Waals surface area (Å²) in [4.78, 5) is 39.2. The maximum atomic E-state index is 12.8. The molecule has 2 fully saturated rings. The molecule has 9 heteroatoms. The first-order valence-corrected chi connectivity index (χ1v) is 9.45. The van der Waals surface area contributed by atoms with Gasteiger partial charge in [-0.15, -0.1) is 0 Å². The van der Waals surface area contributed by atoms with E-state index in [1.54, 1.807) is 9.80 Å². The number of nitrogens with zero attached hydrogens (tertiary/aromatic N) is 5. The lowest BCUT2D eigenvalue weighted by atomic mass is 10.2. The van der Waals surface area contributed by atoms with E-state index in [0.717, 1.165) is 19.6 Å². The van der Waals surface area contributed by atoms with E-state index in [1.165, 1.54) is 18.6 Å². The fourth-order valence-electron chi connectivity index (χ4n) is 3.17. The molecule has 0 radical (unpaired) electrons. The second-order valence-electron chi connectivity index (χ2n) is 6.58. The van der Waals surface area contributed by atoms with Crippen LogP contribution in [0.3, 0.4) is 0 Å². The van der Waals surface area contributed by atoms with E-state index < -0.39 is 0 Å². The van der Waals surface area contributed by atoms with Crippen molar-refractivity contribution >= 4 is 11.8 Å². The Balaban J connectivity index is 1.57. The molecule has 0 aromatic carbocycles. The molecule has 148 valence electrons. The van der Waals surface area contributed by atoms with Gasteiger partial charge in [-0.3, -0.25) is 19.5 Å². The summed E-state index contributed by atoms with van der Waals surface area (Å²) >= 11 is 0. The quantitative estimate of drug-likeness (QED) is 0.633. The van der Waals surface area contributed by atoms with E-state index in [4.69, 9.17) is 9.47 Å². The van der Waals surface area contributed by atoms with Gasteiger partial charge in [-0.25, -0.2) is 4.98 Å². The fourth-order valence-corrected chi connectivity index (χ4v) is 3.17. The highest BCUT2D eigenvalue weighted by molar-refractivity contribution is 5.92. The van der Waals surface area contributed by atoms with Crippen molar-refractivity contribution in [3.05, 3.63) is 24.3 Å². The number of hydrogen-bond donors (Lipinski definition) is 0. The molecule has 1 aromatic rings. The van der Waals surface area contributed by atoms with Crippen molar-refractivity contribution in [1.29, 1.82) is 0 Å². The third-order valence-electron chi connectivity index (χ3n) is 4.82. The van der Waals surface area contributed by atoms with Gasteiger partial charge in [0.2, 0.25) is 5.91 Å². The molecule has 1 aromatic heterocycles. The van der Waals surface area contributed by atoms with Crippen LogP contribution in [0.5, 0.6) is 0 Å². The van der Waals surface area contributed by atoms with E-state index in [1.807, 2.05) is 0 Å². The number of aromatic nitrogens is 2. The van der Waals surface area contributed by atoms with Crippen LogP contribution in [0.25, 0.3) is 0 Å². The van der Waals surface area contributed by atoms with Gasteiger partial charge in [0.05, 0.1) is 32.6 Å². The van der Waals surface area contributed by atoms with Gasteiger partial charge >= 0.3 is 0 Å². The second kappa shape index (κ2) is 10.3. The van der Waals surface area contributed by atoms with Crippen LogP contribution in [0.4, 0.5) is 0 Å². The number of rotatable bonds is 7. The summed E-state index contributed by atoms with van der Waals surface area (Å²) in [7, 11) is 0. The molecule has 0 unspecified atom stereocenters. The lowest BCUT2D eigenvalue weighted by molar-refractivity contribution is -0.135. The van der Waals surface area contributed by atoms with Crippen molar-refractivity contribution in [3.8, 4) is 0 Å². The minimum atomic E-state index is -0.189. The Bertz CT molecular complexity index is 603. The van der Waals surface area contributed by atoms with E-state index in [2.05, 4.69) is 14.9 Å². The van der Waals surface area contributed by atoms with E-state index in [0.29, 0.717) is 64.7 Å². The van der Waals surface area contributed by atoms with Crippen LogP contribution in [0.2, 0.25) is 0 Å². The van der Waals surface area contributed by atoms with Gasteiger partial charge < -0.3 is 19.3 Å². The van der Waals surface area contributed by atoms with Crippen LogP contribution in [-0.4, -0.2) is 109 Å². The fraction of sp³-hybridized carbons (Fsp3) is 0.667. The third-order valence-corrected chi connectivity index (χ3v) is 4.82. The monoisotopic (exact) mass is 377 g/mol. The maximum Gasteiger partial charge on any atom is 0.274 e. The van der Waals surface area contributed by atoms with Gasteiger partial charge in [0.15, 0.2) is 0 Å². The lowest BCUT2D eigenvalue weighted by Crippen LogP contribution is -2.45. The highest BCUT2D eigenvalue weighted by atomic mass is 16.5. The summed E-state index contributed by atoms with van der Waals surface area (Å²) in [5, 5.41) is 0. The number of carbonyl (C=O) groups is 2. The average Bonchev–Trinajstić information content (AvgIpc) is 2.75. The Labute approximate surface area is 159 Å². The van der Waals surface area contributed by atoms with Crippen molar-refractivity contribution in [1.82, 2.24) is 24.7 Å². The van der Waals surface area contributed by atoms with Gasteiger partial charge in [0.25, 0.3) is 5.91 Å². The second-order valence-corrected chi connectivity index (χ2v) is 6.58. The standard InChI is InChI=1S/C18H27N5O4/c24-17(22-9-13-27-14-10-22)1-4-23(6-5-21-7-11-26-12-8-21)18(25)16-15-19-2-3-20-16/h2-3,15H,1,4-14H2. The first-order valence-electron chi connectivity index (χ1n) is 9.45. The molecule has 0 spiro atoms. The van der Waals surface area contributed by atoms with Crippen LogP contribution in [0.1, 0.15) is 16.9 Å². The first-order chi connectivity index (χ1) is 13.2. The zero-order valence-corrected chi connectivity index (χ0v) is 15.6. The Kier molecular flexibility index (Phi) is 7.49. The molecule has 2 aliphatic rings. The zero-order chi connectivity index (χ0) is 18.9. The zero-order valence-electron chi connectivity index (χ0n) is 15.6. The summed E-state index contributed by atoms with van der Waals surface area (Å²) in [5.41, 5.74) is 0.304. The van der Waals surface area contributed by atoms with Crippen LogP contribution in [-0.2, 0) is 14.3 Å². The van der Waals surface area contributed by atoms with Crippen LogP contribution >= 0.6 is 0 Å². The number of amides is 2. The summed E-state index contributed by atoms with van der Waals surface area (Å²) in [6.45, 7) is 7.20. The molecule has 2 aliphatic heterocycles. The van der Waals surface area contributed by atoms with Crippen molar-refractivity contribution in [3.63, 3.8) is 0 Å². The van der Waals surface area contributed by atoms with Crippen molar-refractivity contribution in [2.45, 2.75) is 6.42 Å². The van der Waals surface area contributed by atoms with Gasteiger partial charge in [0, 0.05) is 64.6 Å². The van der Waals surface area contributed by atoms with E-state index in [-0.39, 0.29) is 11.8 Å². The van der Waals surface area contributed by atoms with Crippen LogP contribution in [0.15, 0.2) is 18.6 Å². The number of carbonyl (C=O) groups excluding carboxylic acids is 2. The minimum Gasteiger partial charge on any atom is -0.379 e. The minimum absolute atomic E-state index is 0.0571. The van der Waals surface area contributed by atoms with Crippen LogP contribution in [0, 0.1) is 0 Å². The van der Waals surface area contributed by atoms with Crippen molar-refractivity contribution < 1.29 is 19.1 Å². The molecular weight excluding hydrogens is 350 g/mol. The molecule has 9 nitrogen and oxygen atoms in total. The Morgan fingerprint density at radius 2 is 1.70 bits per heavy atom. The molecule has 0 N–H and O–H groups in total. The van der Waals surface area contributed by atoms with E-state index >= 15 is 0 Å². The highest BCUT2D eigenvalue weighted by Gasteiger charge is 2.22. The predicted octanol–water partition coefficient (Wildman–Crippen LogP) is -0.500. The average molecular weight is 377 g/mol. The Morgan fingerprint density at radius 1 is 1.00 bits per heavy atom.